The number of allylic oxidation sites excluding steroid dienone is 4. The Kier molecular flexibility index (Phi) is 3.23. The van der Waals surface area contributed by atoms with Gasteiger partial charge in [0.25, 0.3) is 0 Å². The van der Waals surface area contributed by atoms with Crippen LogP contribution in [0, 0.1) is 5.41 Å². The molecule has 13 heavy (non-hydrogen) atoms. The standard InChI is InChI=1S/C8H7Cl5/c1-6(8(11,12)13)2-4-7(9,10)5-3-6/h2-5H,1H3. The highest BCUT2D eigenvalue weighted by molar-refractivity contribution is 6.68. The van der Waals surface area contributed by atoms with Gasteiger partial charge in [0.15, 0.2) is 4.33 Å². The summed E-state index contributed by atoms with van der Waals surface area (Å²) in [6.45, 7) is 1.79. The van der Waals surface area contributed by atoms with Crippen LogP contribution in [0.25, 0.3) is 0 Å². The van der Waals surface area contributed by atoms with Gasteiger partial charge in [-0.2, -0.15) is 0 Å². The molecule has 0 aromatic heterocycles. The van der Waals surface area contributed by atoms with E-state index in [4.69, 9.17) is 58.0 Å². The van der Waals surface area contributed by atoms with Crippen molar-refractivity contribution in [3.05, 3.63) is 24.3 Å². The fourth-order valence-corrected chi connectivity index (χ4v) is 1.50. The van der Waals surface area contributed by atoms with Crippen molar-refractivity contribution in [1.82, 2.24) is 0 Å². The molecule has 0 aliphatic heterocycles. The average Bonchev–Trinajstić information content (AvgIpc) is 1.94. The van der Waals surface area contributed by atoms with Crippen LogP contribution in [-0.2, 0) is 0 Å². The zero-order valence-electron chi connectivity index (χ0n) is 6.70. The molecule has 0 aromatic rings. The molecule has 1 rings (SSSR count). The topological polar surface area (TPSA) is 0 Å². The van der Waals surface area contributed by atoms with Crippen molar-refractivity contribution in [3.63, 3.8) is 0 Å². The second-order valence-electron chi connectivity index (χ2n) is 3.12. The maximum Gasteiger partial charge on any atom is 0.202 e. The van der Waals surface area contributed by atoms with E-state index >= 15 is 0 Å². The van der Waals surface area contributed by atoms with Gasteiger partial charge in [-0.25, -0.2) is 0 Å². The number of hydrogen-bond donors (Lipinski definition) is 0. The van der Waals surface area contributed by atoms with Gasteiger partial charge in [0.1, 0.15) is 0 Å². The molecule has 0 fully saturated rings. The van der Waals surface area contributed by atoms with Crippen LogP contribution >= 0.6 is 58.0 Å². The summed E-state index contributed by atoms with van der Waals surface area (Å²) in [6, 6.07) is 0. The van der Waals surface area contributed by atoms with Crippen molar-refractivity contribution < 1.29 is 0 Å². The quantitative estimate of drug-likeness (QED) is 0.447. The normalized spacial score (nSPS) is 24.8. The summed E-state index contributed by atoms with van der Waals surface area (Å²) in [5, 5.41) is 0. The second-order valence-corrected chi connectivity index (χ2v) is 6.85. The summed E-state index contributed by atoms with van der Waals surface area (Å²) >= 11 is 29.0. The Morgan fingerprint density at radius 1 is 0.923 bits per heavy atom. The SMILES string of the molecule is CC1(C(Cl)(Cl)Cl)C=CC(Cl)(Cl)C=C1. The molecular formula is C8H7Cl5. The summed E-state index contributed by atoms with van der Waals surface area (Å²) in [5.41, 5.74) is -0.662. The molecule has 0 radical (unpaired) electrons. The Morgan fingerprint density at radius 3 is 1.62 bits per heavy atom. The fraction of sp³-hybridized carbons (Fsp3) is 0.500. The van der Waals surface area contributed by atoms with Crippen LogP contribution in [0.2, 0.25) is 0 Å². The van der Waals surface area contributed by atoms with Crippen molar-refractivity contribution in [2.24, 2.45) is 5.41 Å². The molecule has 0 aromatic carbocycles. The second kappa shape index (κ2) is 3.50. The molecule has 0 nitrogen and oxygen atoms in total. The molecule has 0 amide bonds. The summed E-state index contributed by atoms with van der Waals surface area (Å²) < 4.78 is -2.39. The number of halogens is 5. The van der Waals surface area contributed by atoms with E-state index in [2.05, 4.69) is 0 Å². The Hall–Kier alpha value is 0.930. The van der Waals surface area contributed by atoms with Crippen molar-refractivity contribution in [2.75, 3.05) is 0 Å². The molecule has 5 heteroatoms. The molecule has 0 saturated heterocycles. The first-order valence-corrected chi connectivity index (χ1v) is 5.41. The monoisotopic (exact) mass is 278 g/mol. The van der Waals surface area contributed by atoms with E-state index in [1.165, 1.54) is 0 Å². The lowest BCUT2D eigenvalue weighted by molar-refractivity contribution is 0.556. The highest BCUT2D eigenvalue weighted by Crippen LogP contribution is 2.49. The molecule has 0 atom stereocenters. The number of rotatable bonds is 0. The Labute approximate surface area is 102 Å². The highest BCUT2D eigenvalue weighted by Gasteiger charge is 2.43. The summed E-state index contributed by atoms with van der Waals surface area (Å²) in [6.07, 6.45) is 6.58. The van der Waals surface area contributed by atoms with Crippen LogP contribution in [0.1, 0.15) is 6.92 Å². The van der Waals surface area contributed by atoms with Crippen LogP contribution in [0.5, 0.6) is 0 Å². The largest absolute Gasteiger partial charge is 0.202 e. The zero-order chi connectivity index (χ0) is 10.3. The number of alkyl halides is 5. The Morgan fingerprint density at radius 2 is 1.31 bits per heavy atom. The van der Waals surface area contributed by atoms with Gasteiger partial charge < -0.3 is 0 Å². The molecule has 0 unspecified atom stereocenters. The fourth-order valence-electron chi connectivity index (χ4n) is 0.869. The minimum atomic E-state index is -1.40. The molecule has 0 spiro atoms. The van der Waals surface area contributed by atoms with Gasteiger partial charge in [-0.3, -0.25) is 0 Å². The van der Waals surface area contributed by atoms with E-state index in [1.807, 2.05) is 0 Å². The maximum atomic E-state index is 5.81. The third kappa shape index (κ3) is 2.70. The summed E-state index contributed by atoms with van der Waals surface area (Å²) in [7, 11) is 0. The lowest BCUT2D eigenvalue weighted by atomic mass is 9.88. The Balaban J connectivity index is 2.96. The maximum absolute atomic E-state index is 5.81. The smallest absolute Gasteiger partial charge is 0.0923 e. The van der Waals surface area contributed by atoms with E-state index in [1.54, 1.807) is 31.2 Å². The van der Waals surface area contributed by atoms with Gasteiger partial charge >= 0.3 is 0 Å². The van der Waals surface area contributed by atoms with Crippen LogP contribution in [-0.4, -0.2) is 8.13 Å². The minimum absolute atomic E-state index is 0.662. The van der Waals surface area contributed by atoms with Crippen molar-refractivity contribution in [3.8, 4) is 0 Å². The van der Waals surface area contributed by atoms with E-state index in [0.29, 0.717) is 0 Å². The van der Waals surface area contributed by atoms with Gasteiger partial charge in [-0.15, -0.1) is 0 Å². The first-order valence-electron chi connectivity index (χ1n) is 3.52. The van der Waals surface area contributed by atoms with E-state index in [9.17, 15) is 0 Å². The number of hydrogen-bond acceptors (Lipinski definition) is 0. The van der Waals surface area contributed by atoms with E-state index in [0.717, 1.165) is 0 Å². The summed E-state index contributed by atoms with van der Waals surface area (Å²) in [4.78, 5) is 0. The molecule has 1 aliphatic carbocycles. The predicted octanol–water partition coefficient (Wildman–Crippen LogP) is 4.66. The molecule has 0 bridgehead atoms. The third-order valence-electron chi connectivity index (χ3n) is 1.91. The lowest BCUT2D eigenvalue weighted by Gasteiger charge is -2.33. The van der Waals surface area contributed by atoms with Gasteiger partial charge in [0.05, 0.1) is 5.41 Å². The third-order valence-corrected chi connectivity index (χ3v) is 3.64. The van der Waals surface area contributed by atoms with E-state index < -0.39 is 13.5 Å². The molecular weight excluding hydrogens is 273 g/mol. The average molecular weight is 280 g/mol. The Bertz CT molecular complexity index is 242. The highest BCUT2D eigenvalue weighted by atomic mass is 35.6. The minimum Gasteiger partial charge on any atom is -0.0923 e. The van der Waals surface area contributed by atoms with Crippen LogP contribution in [0.3, 0.4) is 0 Å². The lowest BCUT2D eigenvalue weighted by Crippen LogP contribution is -2.31. The van der Waals surface area contributed by atoms with Crippen molar-refractivity contribution >= 4 is 58.0 Å². The first kappa shape index (κ1) is 12.0. The molecule has 1 aliphatic rings. The molecule has 0 N–H and O–H groups in total. The van der Waals surface area contributed by atoms with Gasteiger partial charge in [-0.1, -0.05) is 70.2 Å². The summed E-state index contributed by atoms with van der Waals surface area (Å²) in [5.74, 6) is 0. The molecule has 0 heterocycles. The van der Waals surface area contributed by atoms with E-state index in [-0.39, 0.29) is 0 Å². The zero-order valence-corrected chi connectivity index (χ0v) is 10.5. The van der Waals surface area contributed by atoms with Gasteiger partial charge in [0.2, 0.25) is 3.79 Å². The molecule has 0 saturated carbocycles. The van der Waals surface area contributed by atoms with Crippen LogP contribution in [0.15, 0.2) is 24.3 Å². The predicted molar refractivity (Wildman–Crippen MR) is 61.1 cm³/mol. The van der Waals surface area contributed by atoms with Gasteiger partial charge in [0, 0.05) is 0 Å². The van der Waals surface area contributed by atoms with Crippen LogP contribution < -0.4 is 0 Å². The van der Waals surface area contributed by atoms with Crippen molar-refractivity contribution in [2.45, 2.75) is 15.0 Å². The van der Waals surface area contributed by atoms with Crippen LogP contribution in [0.4, 0.5) is 0 Å². The first-order chi connectivity index (χ1) is 5.66. The van der Waals surface area contributed by atoms with Crippen molar-refractivity contribution in [1.29, 1.82) is 0 Å². The van der Waals surface area contributed by atoms with Gasteiger partial charge in [-0.05, 0) is 19.1 Å². The molecule has 74 valence electrons.